The van der Waals surface area contributed by atoms with E-state index >= 15 is 0 Å². The van der Waals surface area contributed by atoms with E-state index in [4.69, 9.17) is 12.2 Å². The number of aryl methyl sites for hydroxylation is 1. The Kier molecular flexibility index (Phi) is 6.46. The number of thiocarbonyl (C=S) groups is 1. The lowest BCUT2D eigenvalue weighted by Gasteiger charge is -2.16. The van der Waals surface area contributed by atoms with Crippen molar-refractivity contribution in [3.63, 3.8) is 0 Å². The molecule has 0 radical (unpaired) electrons. The van der Waals surface area contributed by atoms with Crippen molar-refractivity contribution >= 4 is 57.7 Å². The van der Waals surface area contributed by atoms with Gasteiger partial charge in [-0.3, -0.25) is 9.69 Å². The van der Waals surface area contributed by atoms with Crippen LogP contribution in [0.1, 0.15) is 16.7 Å². The minimum atomic E-state index is -4.50. The zero-order valence-electron chi connectivity index (χ0n) is 16.7. The van der Waals surface area contributed by atoms with Gasteiger partial charge in [0.15, 0.2) is 4.32 Å². The molecule has 4 rings (SSSR count). The zero-order chi connectivity index (χ0) is 22.9. The van der Waals surface area contributed by atoms with Crippen LogP contribution in [-0.4, -0.2) is 10.2 Å². The fourth-order valence-electron chi connectivity index (χ4n) is 3.04. The van der Waals surface area contributed by atoms with Gasteiger partial charge in [0.05, 0.1) is 16.2 Å². The number of hydrogen-bond acceptors (Lipinski definition) is 4. The molecule has 0 aliphatic carbocycles. The summed E-state index contributed by atoms with van der Waals surface area (Å²) in [6.45, 7) is 2.04. The van der Waals surface area contributed by atoms with E-state index in [1.807, 2.05) is 31.2 Å². The second-order valence-electron chi connectivity index (χ2n) is 7.05. The number of thioether (sulfide) groups is 1. The van der Waals surface area contributed by atoms with Crippen molar-refractivity contribution < 1.29 is 18.0 Å². The Morgan fingerprint density at radius 2 is 1.59 bits per heavy atom. The van der Waals surface area contributed by atoms with Crippen molar-refractivity contribution in [2.24, 2.45) is 0 Å². The Hall–Kier alpha value is -2.55. The molecule has 1 fully saturated rings. The maximum atomic E-state index is 13.0. The first kappa shape index (κ1) is 22.6. The summed E-state index contributed by atoms with van der Waals surface area (Å²) in [6.07, 6.45) is -2.79. The second-order valence-corrected chi connectivity index (χ2v) is 9.87. The number of benzene rings is 3. The van der Waals surface area contributed by atoms with Crippen molar-refractivity contribution in [3.05, 3.63) is 94.4 Å². The van der Waals surface area contributed by atoms with Gasteiger partial charge in [-0.25, -0.2) is 0 Å². The monoisotopic (exact) mass is 487 g/mol. The molecule has 162 valence electrons. The molecule has 3 aromatic rings. The predicted octanol–water partition coefficient (Wildman–Crippen LogP) is 7.57. The average Bonchev–Trinajstić information content (AvgIpc) is 3.03. The molecule has 8 heteroatoms. The van der Waals surface area contributed by atoms with Crippen molar-refractivity contribution in [2.75, 3.05) is 4.90 Å². The van der Waals surface area contributed by atoms with Crippen LogP contribution in [0, 0.1) is 6.92 Å². The van der Waals surface area contributed by atoms with Gasteiger partial charge >= 0.3 is 6.18 Å². The first-order valence-corrected chi connectivity index (χ1v) is 11.5. The van der Waals surface area contributed by atoms with Gasteiger partial charge in [0.2, 0.25) is 0 Å². The van der Waals surface area contributed by atoms with Crippen LogP contribution in [0.15, 0.2) is 87.5 Å². The lowest BCUT2D eigenvalue weighted by Crippen LogP contribution is -2.27. The first-order valence-electron chi connectivity index (χ1n) is 9.50. The van der Waals surface area contributed by atoms with Crippen LogP contribution in [0.25, 0.3) is 6.08 Å². The summed E-state index contributed by atoms with van der Waals surface area (Å²) in [4.78, 5) is 16.6. The molecule has 1 aliphatic rings. The van der Waals surface area contributed by atoms with E-state index in [0.29, 0.717) is 4.91 Å². The van der Waals surface area contributed by atoms with Gasteiger partial charge in [-0.2, -0.15) is 13.2 Å². The molecule has 1 aliphatic heterocycles. The molecule has 2 nitrogen and oxygen atoms in total. The Morgan fingerprint density at radius 1 is 0.969 bits per heavy atom. The summed E-state index contributed by atoms with van der Waals surface area (Å²) in [5, 5.41) is 0. The lowest BCUT2D eigenvalue weighted by molar-refractivity contribution is -0.137. The van der Waals surface area contributed by atoms with E-state index in [1.54, 1.807) is 17.8 Å². The van der Waals surface area contributed by atoms with Gasteiger partial charge in [0, 0.05) is 9.79 Å². The summed E-state index contributed by atoms with van der Waals surface area (Å²) in [7, 11) is 0. The maximum absolute atomic E-state index is 13.0. The van der Waals surface area contributed by atoms with Gasteiger partial charge in [0.1, 0.15) is 0 Å². The van der Waals surface area contributed by atoms with Crippen molar-refractivity contribution in [2.45, 2.75) is 22.9 Å². The van der Waals surface area contributed by atoms with Crippen LogP contribution in [0.3, 0.4) is 0 Å². The molecule has 1 amide bonds. The molecule has 1 heterocycles. The fraction of sp³-hybridized carbons (Fsp3) is 0.0833. The number of halogens is 3. The lowest BCUT2D eigenvalue weighted by atomic mass is 10.1. The molecule has 0 bridgehead atoms. The van der Waals surface area contributed by atoms with E-state index in [1.165, 1.54) is 17.7 Å². The summed E-state index contributed by atoms with van der Waals surface area (Å²) in [6, 6.07) is 20.6. The van der Waals surface area contributed by atoms with Crippen LogP contribution in [0.5, 0.6) is 0 Å². The van der Waals surface area contributed by atoms with Crippen LogP contribution in [-0.2, 0) is 11.0 Å². The number of alkyl halides is 3. The third-order valence-corrected chi connectivity index (χ3v) is 6.98. The van der Waals surface area contributed by atoms with Crippen molar-refractivity contribution in [1.82, 2.24) is 0 Å². The summed E-state index contributed by atoms with van der Waals surface area (Å²) in [5.74, 6) is -0.433. The highest BCUT2D eigenvalue weighted by molar-refractivity contribution is 8.27. The Balaban J connectivity index is 1.52. The summed E-state index contributed by atoms with van der Waals surface area (Å²) < 4.78 is 39.3. The van der Waals surface area contributed by atoms with Gasteiger partial charge in [-0.05, 0) is 61.0 Å². The molecular formula is C24H16F3NOS3. The molecule has 0 spiro atoms. The molecule has 1 saturated heterocycles. The molecule has 0 N–H and O–H groups in total. The number of amides is 1. The van der Waals surface area contributed by atoms with Crippen LogP contribution in [0.4, 0.5) is 18.9 Å². The average molecular weight is 488 g/mol. The number of rotatable bonds is 4. The first-order chi connectivity index (χ1) is 15.2. The van der Waals surface area contributed by atoms with E-state index in [-0.39, 0.29) is 10.0 Å². The third-order valence-electron chi connectivity index (χ3n) is 4.66. The quantitative estimate of drug-likeness (QED) is 0.279. The SMILES string of the molecule is Cc1ccc(Sc2ccc(/C=C3/SC(=S)N(c4cccc(C(F)(F)F)c4)C3=O)cc2)cc1. The van der Waals surface area contributed by atoms with E-state index in [0.717, 1.165) is 44.1 Å². The highest BCUT2D eigenvalue weighted by Crippen LogP contribution is 2.38. The highest BCUT2D eigenvalue weighted by Gasteiger charge is 2.36. The molecule has 0 atom stereocenters. The van der Waals surface area contributed by atoms with Gasteiger partial charge in [0.25, 0.3) is 5.91 Å². The van der Waals surface area contributed by atoms with E-state index in [9.17, 15) is 18.0 Å². The molecule has 0 unspecified atom stereocenters. The van der Waals surface area contributed by atoms with Crippen LogP contribution in [0.2, 0.25) is 0 Å². The molecule has 32 heavy (non-hydrogen) atoms. The Morgan fingerprint density at radius 3 is 2.22 bits per heavy atom. The smallest absolute Gasteiger partial charge is 0.268 e. The van der Waals surface area contributed by atoms with Crippen LogP contribution < -0.4 is 4.90 Å². The van der Waals surface area contributed by atoms with E-state index < -0.39 is 17.6 Å². The zero-order valence-corrected chi connectivity index (χ0v) is 19.2. The Bertz CT molecular complexity index is 1200. The third kappa shape index (κ3) is 5.09. The molecule has 0 aromatic heterocycles. The largest absolute Gasteiger partial charge is 0.416 e. The topological polar surface area (TPSA) is 20.3 Å². The number of carbonyl (C=O) groups excluding carboxylic acids is 1. The normalized spacial score (nSPS) is 15.6. The summed E-state index contributed by atoms with van der Waals surface area (Å²) in [5.41, 5.74) is 1.29. The summed E-state index contributed by atoms with van der Waals surface area (Å²) >= 11 is 7.99. The van der Waals surface area contributed by atoms with Crippen molar-refractivity contribution in [3.8, 4) is 0 Å². The number of anilines is 1. The minimum absolute atomic E-state index is 0.107. The molecule has 0 saturated carbocycles. The van der Waals surface area contributed by atoms with Crippen molar-refractivity contribution in [1.29, 1.82) is 0 Å². The van der Waals surface area contributed by atoms with Gasteiger partial charge in [-0.15, -0.1) is 0 Å². The predicted molar refractivity (Wildman–Crippen MR) is 129 cm³/mol. The molecular weight excluding hydrogens is 471 g/mol. The second kappa shape index (κ2) is 9.13. The van der Waals surface area contributed by atoms with Crippen LogP contribution >= 0.6 is 35.7 Å². The highest BCUT2D eigenvalue weighted by atomic mass is 32.2. The number of carbonyl (C=O) groups is 1. The standard InChI is InChI=1S/C24H16F3NOS3/c1-15-5-9-19(10-6-15)31-20-11-7-16(8-12-20)13-21-22(29)28(23(30)32-21)18-4-2-3-17(14-18)24(25,26)27/h2-14H,1H3/b21-13+. The number of nitrogens with zero attached hydrogens (tertiary/aromatic N) is 1. The van der Waals surface area contributed by atoms with Gasteiger partial charge < -0.3 is 0 Å². The number of hydrogen-bond donors (Lipinski definition) is 0. The van der Waals surface area contributed by atoms with Gasteiger partial charge in [-0.1, -0.05) is 71.6 Å². The Labute approximate surface area is 197 Å². The fourth-order valence-corrected chi connectivity index (χ4v) is 5.15. The van der Waals surface area contributed by atoms with E-state index in [2.05, 4.69) is 24.3 Å². The maximum Gasteiger partial charge on any atom is 0.416 e. The minimum Gasteiger partial charge on any atom is -0.268 e. The molecule has 3 aromatic carbocycles.